The minimum absolute atomic E-state index is 0.0355. The molecule has 2 N–H and O–H groups in total. The first-order chi connectivity index (χ1) is 36.0. The van der Waals surface area contributed by atoms with Gasteiger partial charge in [-0.25, -0.2) is 0 Å². The zero-order valence-corrected chi connectivity index (χ0v) is 47.6. The minimum Gasteiger partial charge on any atom is -0.481 e. The van der Waals surface area contributed by atoms with Gasteiger partial charge in [0.05, 0.1) is 23.8 Å². The van der Waals surface area contributed by atoms with Crippen LogP contribution in [0, 0.1) is 11.3 Å². The van der Waals surface area contributed by atoms with Crippen LogP contribution in [0.2, 0.25) is 0 Å². The summed E-state index contributed by atoms with van der Waals surface area (Å²) in [6.45, 7) is 1.20. The number of benzene rings is 1. The number of hydrogen-bond acceptors (Lipinski definition) is 5. The summed E-state index contributed by atoms with van der Waals surface area (Å²) in [6.07, 6.45) is 69.8. The van der Waals surface area contributed by atoms with E-state index in [0.717, 1.165) is 43.4 Å². The van der Waals surface area contributed by atoms with Crippen LogP contribution in [0.4, 0.5) is 0 Å². The van der Waals surface area contributed by atoms with E-state index in [2.05, 4.69) is 17.6 Å². The maximum absolute atomic E-state index is 13.5. The number of aliphatic carboxylic acids is 1. The van der Waals surface area contributed by atoms with E-state index in [9.17, 15) is 20.0 Å². The maximum atomic E-state index is 13.5. The van der Waals surface area contributed by atoms with Crippen molar-refractivity contribution in [1.29, 1.82) is 5.26 Å². The van der Waals surface area contributed by atoms with Gasteiger partial charge in [-0.2, -0.15) is 5.26 Å². The quantitative estimate of drug-likeness (QED) is 0.311. The van der Waals surface area contributed by atoms with Gasteiger partial charge in [-0.1, -0.05) is 314 Å². The van der Waals surface area contributed by atoms with E-state index >= 15 is 0 Å². The third kappa shape index (κ3) is 35.9. The fraction of sp³-hybridized carbons (Fsp3) is 0.833. The number of hydroxylamine groups is 1. The molecule has 73 heavy (non-hydrogen) atoms. The van der Waals surface area contributed by atoms with E-state index < -0.39 is 11.6 Å². The lowest BCUT2D eigenvalue weighted by atomic mass is 9.90. The molecule has 3 rings (SSSR count). The number of nitrogens with zero attached hydrogens (tertiary/aromatic N) is 2. The zero-order valence-electron chi connectivity index (χ0n) is 47.6. The van der Waals surface area contributed by atoms with E-state index in [-0.39, 0.29) is 18.7 Å². The predicted molar refractivity (Wildman–Crippen MR) is 310 cm³/mol. The second-order valence-corrected chi connectivity index (χ2v) is 23.3. The van der Waals surface area contributed by atoms with Crippen molar-refractivity contribution in [3.05, 3.63) is 41.5 Å². The fourth-order valence-electron chi connectivity index (χ4n) is 11.6. The summed E-state index contributed by atoms with van der Waals surface area (Å²) in [5, 5.41) is 18.8. The third-order valence-corrected chi connectivity index (χ3v) is 16.6. The molecule has 0 radical (unpaired) electrons. The lowest BCUT2D eigenvalue weighted by molar-refractivity contribution is -0.141. The number of carbonyl (C=O) groups is 2. The Morgan fingerprint density at radius 2 is 0.740 bits per heavy atom. The van der Waals surface area contributed by atoms with Crippen LogP contribution < -0.4 is 5.48 Å². The maximum Gasteiger partial charge on any atom is 0.303 e. The highest BCUT2D eigenvalue weighted by Gasteiger charge is 2.36. The van der Waals surface area contributed by atoms with Crippen LogP contribution in [-0.2, 0) is 14.4 Å². The third-order valence-electron chi connectivity index (χ3n) is 16.6. The van der Waals surface area contributed by atoms with Crippen LogP contribution in [0.15, 0.2) is 30.3 Å². The number of hydrogen-bond donors (Lipinski definition) is 2. The van der Waals surface area contributed by atoms with Crippen LogP contribution in [0.1, 0.15) is 345 Å². The molecule has 2 heterocycles. The molecule has 1 amide bonds. The molecule has 1 spiro atoms. The molecule has 2 aliphatic rings. The van der Waals surface area contributed by atoms with Crippen molar-refractivity contribution in [3.63, 3.8) is 0 Å². The fourth-order valence-corrected chi connectivity index (χ4v) is 11.6. The molecule has 1 saturated heterocycles. The molecule has 2 aliphatic heterocycles. The van der Waals surface area contributed by atoms with Crippen LogP contribution in [0.25, 0.3) is 5.70 Å². The van der Waals surface area contributed by atoms with E-state index in [1.54, 1.807) is 0 Å². The second kappa shape index (κ2) is 46.5. The van der Waals surface area contributed by atoms with E-state index in [0.29, 0.717) is 25.1 Å². The Bertz CT molecular complexity index is 1520. The molecule has 1 fully saturated rings. The van der Waals surface area contributed by atoms with Crippen molar-refractivity contribution in [2.24, 2.45) is 0 Å². The lowest BCUT2D eigenvalue weighted by Crippen LogP contribution is -2.39. The Hall–Kier alpha value is -2.85. The highest BCUT2D eigenvalue weighted by atomic mass is 16.7. The summed E-state index contributed by atoms with van der Waals surface area (Å²) in [5.41, 5.74) is 5.17. The number of carboxylic acids is 1. The van der Waals surface area contributed by atoms with Crippen LogP contribution in [0.3, 0.4) is 0 Å². The van der Waals surface area contributed by atoms with Gasteiger partial charge in [0.25, 0.3) is 0 Å². The van der Waals surface area contributed by atoms with Crippen molar-refractivity contribution in [1.82, 2.24) is 10.4 Å². The summed E-state index contributed by atoms with van der Waals surface area (Å²) in [5.74, 6) is -0.997. The van der Waals surface area contributed by atoms with Gasteiger partial charge in [-0.05, 0) is 36.6 Å². The van der Waals surface area contributed by atoms with E-state index in [1.165, 1.54) is 283 Å². The number of nitrogens with one attached hydrogen (secondary N) is 1. The van der Waals surface area contributed by atoms with Crippen LogP contribution in [0.5, 0.6) is 0 Å². The Balaban J connectivity index is 1.40. The average Bonchev–Trinajstić information content (AvgIpc) is 3.83. The molecule has 7 nitrogen and oxygen atoms in total. The molecule has 1 unspecified atom stereocenters. The summed E-state index contributed by atoms with van der Waals surface area (Å²) >= 11 is 0. The second-order valence-electron chi connectivity index (χ2n) is 23.3. The van der Waals surface area contributed by atoms with Crippen LogP contribution >= 0.6 is 0 Å². The Morgan fingerprint density at radius 3 is 1.04 bits per heavy atom. The normalized spacial score (nSPS) is 23.4. The highest BCUT2D eigenvalue weighted by Crippen LogP contribution is 2.34. The summed E-state index contributed by atoms with van der Waals surface area (Å²) < 4.78 is 0. The molecule has 0 saturated carbocycles. The lowest BCUT2D eigenvalue weighted by Gasteiger charge is -2.30. The van der Waals surface area contributed by atoms with Crippen molar-refractivity contribution in [2.45, 2.75) is 339 Å². The van der Waals surface area contributed by atoms with E-state index in [1.807, 2.05) is 29.2 Å². The Morgan fingerprint density at radius 1 is 0.438 bits per heavy atom. The Kier molecular flexibility index (Phi) is 41.0. The van der Waals surface area contributed by atoms with Gasteiger partial charge in [-0.3, -0.25) is 19.9 Å². The molecule has 0 bridgehead atoms. The molecule has 1 aromatic carbocycles. The number of amides is 1. The van der Waals surface area contributed by atoms with Gasteiger partial charge in [0.1, 0.15) is 5.60 Å². The molecule has 418 valence electrons. The highest BCUT2D eigenvalue weighted by molar-refractivity contribution is 5.80. The number of rotatable bonds is 4. The molecule has 0 aromatic heterocycles. The van der Waals surface area contributed by atoms with Crippen LogP contribution in [-0.4, -0.2) is 40.6 Å². The Labute approximate surface area is 451 Å². The summed E-state index contributed by atoms with van der Waals surface area (Å²) in [7, 11) is 0. The number of nitriles is 1. The standard InChI is InChI=1S/C66H115N3O4/c67-60-61-49-51-62(52-50-61)63-59-66(73-68-63)55-47-45-43-41-39-37-35-33-31-29-27-25-23-21-19-17-15-13-11-9-7-5-3-1-2-4-6-8-10-12-14-16-18-20-22-24-26-28-30-32-34-36-38-40-42-44-46-48-57-69(58-56-66)64(70)53-54-65(71)72/h49-52,59,68H,1-48,53-58H2,(H,71,72). The monoisotopic (exact) mass is 1010 g/mol. The SMILES string of the molecule is N#Cc1ccc(C2=CC3(CCCCCCCCCCCCCCCCCCCCCCCCCCCCCCCCCCCCCCCCCCCCCCCCCCN(C(=O)CCC(=O)O)CC3)ON2)cc1. The molecular weight excluding hydrogens is 899 g/mol. The average molecular weight is 1010 g/mol. The first kappa shape index (κ1) is 64.4. The molecule has 7 heteroatoms. The van der Waals surface area contributed by atoms with Gasteiger partial charge >= 0.3 is 5.97 Å². The number of carboxylic acid groups (broad SMARTS) is 1. The first-order valence-corrected chi connectivity index (χ1v) is 32.2. The van der Waals surface area contributed by atoms with Crippen molar-refractivity contribution in [2.75, 3.05) is 13.1 Å². The van der Waals surface area contributed by atoms with Gasteiger partial charge in [0, 0.05) is 25.9 Å². The van der Waals surface area contributed by atoms with Crippen molar-refractivity contribution < 1.29 is 19.5 Å². The van der Waals surface area contributed by atoms with Gasteiger partial charge in [0.15, 0.2) is 0 Å². The van der Waals surface area contributed by atoms with E-state index in [4.69, 9.17) is 4.84 Å². The molecule has 1 atom stereocenters. The largest absolute Gasteiger partial charge is 0.481 e. The number of carbonyl (C=O) groups excluding carboxylic acids is 1. The minimum atomic E-state index is -0.927. The summed E-state index contributed by atoms with van der Waals surface area (Å²) in [6, 6.07) is 9.81. The van der Waals surface area contributed by atoms with Gasteiger partial charge in [-0.15, -0.1) is 0 Å². The summed E-state index contributed by atoms with van der Waals surface area (Å²) in [4.78, 5) is 33.3. The van der Waals surface area contributed by atoms with Gasteiger partial charge in [0.2, 0.25) is 5.91 Å². The smallest absolute Gasteiger partial charge is 0.303 e. The zero-order chi connectivity index (χ0) is 51.8. The topological polar surface area (TPSA) is 103 Å². The molecular formula is C66H115N3O4. The van der Waals surface area contributed by atoms with Crippen molar-refractivity contribution in [3.8, 4) is 6.07 Å². The first-order valence-electron chi connectivity index (χ1n) is 32.2. The molecule has 0 aliphatic carbocycles. The molecule has 1 aromatic rings. The van der Waals surface area contributed by atoms with Crippen molar-refractivity contribution >= 4 is 17.6 Å². The van der Waals surface area contributed by atoms with Gasteiger partial charge < -0.3 is 10.0 Å². The predicted octanol–water partition coefficient (Wildman–Crippen LogP) is 20.4.